The number of nitrogens with one attached hydrogen (secondary N) is 1. The van der Waals surface area contributed by atoms with Gasteiger partial charge >= 0.3 is 0 Å². The Bertz CT molecular complexity index is 1110. The zero-order valence-electron chi connectivity index (χ0n) is 18.7. The van der Waals surface area contributed by atoms with Gasteiger partial charge in [0.25, 0.3) is 0 Å². The van der Waals surface area contributed by atoms with E-state index in [-0.39, 0.29) is 5.43 Å². The van der Waals surface area contributed by atoms with Crippen LogP contribution in [0.25, 0.3) is 21.7 Å². The van der Waals surface area contributed by atoms with Gasteiger partial charge in [-0.3, -0.25) is 14.7 Å². The van der Waals surface area contributed by atoms with Crippen LogP contribution in [-0.2, 0) is 4.74 Å². The summed E-state index contributed by atoms with van der Waals surface area (Å²) in [6.07, 6.45) is 2.82. The van der Waals surface area contributed by atoms with Gasteiger partial charge in [-0.05, 0) is 49.9 Å². The molecule has 1 aliphatic rings. The van der Waals surface area contributed by atoms with Crippen LogP contribution in [0.4, 0.5) is 11.4 Å². The van der Waals surface area contributed by atoms with Crippen molar-refractivity contribution in [2.75, 3.05) is 56.7 Å². The third-order valence-electron chi connectivity index (χ3n) is 6.13. The minimum Gasteiger partial charge on any atom is -0.385 e. The fourth-order valence-corrected chi connectivity index (χ4v) is 4.22. The standard InChI is InChI=1S/C25H32N4O2/c1-18(2)28-10-12-29(13-11-28)21-16-23-24(27-17-21)8-6-19-5-7-20(15-22(19)25(23)30)26-9-4-14-31-3/h5-8,15-18,26H,4,9-14H2,1-3H3. The molecule has 0 bridgehead atoms. The maximum absolute atomic E-state index is 13.5. The van der Waals surface area contributed by atoms with E-state index < -0.39 is 0 Å². The van der Waals surface area contributed by atoms with Gasteiger partial charge in [-0.15, -0.1) is 0 Å². The number of anilines is 2. The molecule has 1 aliphatic heterocycles. The maximum Gasteiger partial charge on any atom is 0.195 e. The molecule has 0 atom stereocenters. The third kappa shape index (κ3) is 4.81. The van der Waals surface area contributed by atoms with Gasteiger partial charge in [0.15, 0.2) is 5.43 Å². The van der Waals surface area contributed by atoms with Crippen molar-refractivity contribution in [1.82, 2.24) is 9.88 Å². The molecule has 164 valence electrons. The van der Waals surface area contributed by atoms with E-state index in [9.17, 15) is 4.79 Å². The Morgan fingerprint density at radius 1 is 1.06 bits per heavy atom. The van der Waals surface area contributed by atoms with Gasteiger partial charge in [0, 0.05) is 63.6 Å². The van der Waals surface area contributed by atoms with Crippen LogP contribution in [0.5, 0.6) is 0 Å². The smallest absolute Gasteiger partial charge is 0.195 e. The first kappa shape index (κ1) is 21.5. The van der Waals surface area contributed by atoms with Crippen molar-refractivity contribution in [3.05, 3.63) is 52.8 Å². The van der Waals surface area contributed by atoms with E-state index >= 15 is 0 Å². The van der Waals surface area contributed by atoms with Crippen molar-refractivity contribution in [3.63, 3.8) is 0 Å². The van der Waals surface area contributed by atoms with Gasteiger partial charge in [-0.1, -0.05) is 12.1 Å². The molecule has 0 aliphatic carbocycles. The molecule has 31 heavy (non-hydrogen) atoms. The predicted molar refractivity (Wildman–Crippen MR) is 129 cm³/mol. The Kier molecular flexibility index (Phi) is 6.68. The van der Waals surface area contributed by atoms with Crippen LogP contribution >= 0.6 is 0 Å². The van der Waals surface area contributed by atoms with E-state index in [1.807, 2.05) is 42.6 Å². The highest BCUT2D eigenvalue weighted by atomic mass is 16.5. The van der Waals surface area contributed by atoms with Crippen molar-refractivity contribution >= 4 is 33.1 Å². The van der Waals surface area contributed by atoms with Crippen molar-refractivity contribution in [1.29, 1.82) is 0 Å². The lowest BCUT2D eigenvalue weighted by Gasteiger charge is -2.38. The summed E-state index contributed by atoms with van der Waals surface area (Å²) in [5.74, 6) is 0. The van der Waals surface area contributed by atoms with Crippen LogP contribution in [0.3, 0.4) is 0 Å². The monoisotopic (exact) mass is 420 g/mol. The maximum atomic E-state index is 13.5. The highest BCUT2D eigenvalue weighted by molar-refractivity contribution is 5.94. The van der Waals surface area contributed by atoms with Gasteiger partial charge in [0.05, 0.1) is 22.8 Å². The first-order valence-corrected chi connectivity index (χ1v) is 11.2. The van der Waals surface area contributed by atoms with Gasteiger partial charge in [0.1, 0.15) is 0 Å². The minimum atomic E-state index is 0.0331. The summed E-state index contributed by atoms with van der Waals surface area (Å²) in [4.78, 5) is 22.9. The van der Waals surface area contributed by atoms with Gasteiger partial charge in [-0.2, -0.15) is 0 Å². The summed E-state index contributed by atoms with van der Waals surface area (Å²) in [6, 6.07) is 12.5. The van der Waals surface area contributed by atoms with Gasteiger partial charge in [0.2, 0.25) is 0 Å². The second kappa shape index (κ2) is 9.62. The largest absolute Gasteiger partial charge is 0.385 e. The van der Waals surface area contributed by atoms with Crippen LogP contribution in [0.2, 0.25) is 0 Å². The fourth-order valence-electron chi connectivity index (χ4n) is 4.22. The lowest BCUT2D eigenvalue weighted by molar-refractivity contribution is 0.198. The number of hydrogen-bond donors (Lipinski definition) is 1. The van der Waals surface area contributed by atoms with Gasteiger partial charge in [-0.25, -0.2) is 0 Å². The zero-order chi connectivity index (χ0) is 21.8. The van der Waals surface area contributed by atoms with Crippen molar-refractivity contribution in [2.45, 2.75) is 26.3 Å². The number of nitrogens with zero attached hydrogens (tertiary/aromatic N) is 3. The molecular weight excluding hydrogens is 388 g/mol. The summed E-state index contributed by atoms with van der Waals surface area (Å²) < 4.78 is 5.10. The fraction of sp³-hybridized carbons (Fsp3) is 0.440. The summed E-state index contributed by atoms with van der Waals surface area (Å²) in [7, 11) is 1.71. The first-order chi connectivity index (χ1) is 15.1. The molecule has 2 heterocycles. The van der Waals surface area contributed by atoms with E-state index in [4.69, 9.17) is 4.74 Å². The number of methoxy groups -OCH3 is 1. The average Bonchev–Trinajstić information content (AvgIpc) is 2.93. The molecule has 1 aromatic heterocycles. The van der Waals surface area contributed by atoms with Crippen molar-refractivity contribution < 1.29 is 4.74 Å². The Morgan fingerprint density at radius 3 is 2.58 bits per heavy atom. The number of pyridine rings is 1. The Hall–Kier alpha value is -2.70. The molecule has 1 saturated heterocycles. The van der Waals surface area contributed by atoms with Crippen LogP contribution in [0, 0.1) is 0 Å². The summed E-state index contributed by atoms with van der Waals surface area (Å²) in [5, 5.41) is 5.71. The lowest BCUT2D eigenvalue weighted by Crippen LogP contribution is -2.48. The normalized spacial score (nSPS) is 15.2. The van der Waals surface area contributed by atoms with Crippen LogP contribution < -0.4 is 15.6 Å². The lowest BCUT2D eigenvalue weighted by atomic mass is 10.1. The Labute approximate surface area is 183 Å². The average molecular weight is 421 g/mol. The number of ether oxygens (including phenoxy) is 1. The number of hydrogen-bond acceptors (Lipinski definition) is 6. The highest BCUT2D eigenvalue weighted by Crippen LogP contribution is 2.23. The molecule has 0 unspecified atom stereocenters. The molecule has 0 amide bonds. The van der Waals surface area contributed by atoms with Crippen LogP contribution in [0.15, 0.2) is 47.4 Å². The van der Waals surface area contributed by atoms with Crippen molar-refractivity contribution in [2.24, 2.45) is 0 Å². The summed E-state index contributed by atoms with van der Waals surface area (Å²) >= 11 is 0. The molecule has 0 saturated carbocycles. The number of fused-ring (bicyclic) bond motifs is 2. The second-order valence-electron chi connectivity index (χ2n) is 8.48. The van der Waals surface area contributed by atoms with Crippen LogP contribution in [0.1, 0.15) is 20.3 Å². The number of piperazine rings is 1. The van der Waals surface area contributed by atoms with E-state index in [1.165, 1.54) is 0 Å². The zero-order valence-corrected chi connectivity index (χ0v) is 18.7. The summed E-state index contributed by atoms with van der Waals surface area (Å²) in [5.41, 5.74) is 2.75. The van der Waals surface area contributed by atoms with Crippen LogP contribution in [-0.4, -0.2) is 62.4 Å². The molecule has 6 heteroatoms. The van der Waals surface area contributed by atoms with E-state index in [1.54, 1.807) is 7.11 Å². The second-order valence-corrected chi connectivity index (χ2v) is 8.48. The number of rotatable bonds is 7. The topological polar surface area (TPSA) is 57.7 Å². The van der Waals surface area contributed by atoms with E-state index in [2.05, 4.69) is 33.9 Å². The van der Waals surface area contributed by atoms with E-state index in [0.29, 0.717) is 18.0 Å². The molecule has 2 aromatic carbocycles. The third-order valence-corrected chi connectivity index (χ3v) is 6.13. The molecular formula is C25H32N4O2. The number of aromatic nitrogens is 1. The first-order valence-electron chi connectivity index (χ1n) is 11.2. The highest BCUT2D eigenvalue weighted by Gasteiger charge is 2.19. The molecule has 1 fully saturated rings. The quantitative estimate of drug-likeness (QED) is 0.588. The Balaban J connectivity index is 1.66. The van der Waals surface area contributed by atoms with Crippen molar-refractivity contribution in [3.8, 4) is 0 Å². The number of benzene rings is 1. The predicted octanol–water partition coefficient (Wildman–Crippen LogP) is 3.73. The molecule has 0 radical (unpaired) electrons. The SMILES string of the molecule is COCCCNc1ccc2ccc3ncc(N4CCN(C(C)C)CC4)cc3c(=O)c2c1. The molecule has 6 nitrogen and oxygen atoms in total. The Morgan fingerprint density at radius 2 is 1.84 bits per heavy atom. The minimum absolute atomic E-state index is 0.0331. The molecule has 3 aromatic rings. The molecule has 0 spiro atoms. The van der Waals surface area contributed by atoms with E-state index in [0.717, 1.165) is 66.8 Å². The summed E-state index contributed by atoms with van der Waals surface area (Å²) in [6.45, 7) is 9.97. The molecule has 1 N–H and O–H groups in total. The molecule has 4 rings (SSSR count). The van der Waals surface area contributed by atoms with Gasteiger partial charge < -0.3 is 15.0 Å².